The minimum atomic E-state index is -3.50. The number of hydrogen-bond donors (Lipinski definition) is 1. The molecule has 6 heteroatoms. The third kappa shape index (κ3) is 2.93. The molecule has 2 unspecified atom stereocenters. The van der Waals surface area contributed by atoms with Crippen LogP contribution in [0.2, 0.25) is 0 Å². The molecule has 0 amide bonds. The molecule has 1 aromatic rings. The molecule has 1 heterocycles. The Morgan fingerprint density at radius 1 is 1.44 bits per heavy atom. The number of hydrogen-bond acceptors (Lipinski definition) is 3. The smallest absolute Gasteiger partial charge is 0.242 e. The fourth-order valence-corrected chi connectivity index (χ4v) is 4.50. The van der Waals surface area contributed by atoms with Crippen LogP contribution in [0, 0.1) is 6.92 Å². The summed E-state index contributed by atoms with van der Waals surface area (Å²) in [6, 6.07) is 5.04. The lowest BCUT2D eigenvalue weighted by atomic mass is 10.2. The quantitative estimate of drug-likeness (QED) is 0.922. The van der Waals surface area contributed by atoms with Gasteiger partial charge in [0.1, 0.15) is 0 Å². The van der Waals surface area contributed by atoms with Gasteiger partial charge in [-0.3, -0.25) is 0 Å². The van der Waals surface area contributed by atoms with Gasteiger partial charge in [0.05, 0.1) is 17.0 Å². The number of aryl methyl sites for hydroxylation is 1. The van der Waals surface area contributed by atoms with E-state index in [4.69, 9.17) is 4.74 Å². The zero-order valence-corrected chi connectivity index (χ0v) is 12.7. The van der Waals surface area contributed by atoms with Crippen molar-refractivity contribution in [1.29, 1.82) is 0 Å². The van der Waals surface area contributed by atoms with Crippen LogP contribution in [-0.2, 0) is 14.8 Å². The van der Waals surface area contributed by atoms with Crippen LogP contribution in [0.3, 0.4) is 0 Å². The molecule has 100 valence electrons. The molecule has 1 aliphatic rings. The molecule has 0 spiro atoms. The monoisotopic (exact) mass is 333 g/mol. The van der Waals surface area contributed by atoms with Crippen molar-refractivity contribution >= 4 is 26.0 Å². The third-order valence-electron chi connectivity index (χ3n) is 3.06. The Labute approximate surface area is 116 Å². The van der Waals surface area contributed by atoms with Crippen molar-refractivity contribution in [2.75, 3.05) is 6.61 Å². The average molecular weight is 334 g/mol. The Morgan fingerprint density at radius 2 is 2.17 bits per heavy atom. The zero-order chi connectivity index (χ0) is 13.3. The largest absolute Gasteiger partial charge is 0.377 e. The summed E-state index contributed by atoms with van der Waals surface area (Å²) in [6.45, 7) is 4.40. The van der Waals surface area contributed by atoms with Gasteiger partial charge < -0.3 is 4.74 Å². The molecule has 1 aliphatic heterocycles. The maximum Gasteiger partial charge on any atom is 0.242 e. The lowest BCUT2D eigenvalue weighted by Gasteiger charge is -2.17. The number of benzene rings is 1. The van der Waals surface area contributed by atoms with Crippen molar-refractivity contribution in [3.63, 3.8) is 0 Å². The number of ether oxygens (including phenoxy) is 1. The van der Waals surface area contributed by atoms with Crippen molar-refractivity contribution < 1.29 is 13.2 Å². The van der Waals surface area contributed by atoms with E-state index in [0.29, 0.717) is 17.5 Å². The van der Waals surface area contributed by atoms with Crippen LogP contribution in [-0.4, -0.2) is 27.2 Å². The Morgan fingerprint density at radius 3 is 2.72 bits per heavy atom. The Hall–Kier alpha value is -0.430. The maximum atomic E-state index is 12.3. The van der Waals surface area contributed by atoms with E-state index in [1.807, 2.05) is 13.8 Å². The van der Waals surface area contributed by atoms with Gasteiger partial charge in [-0.1, -0.05) is 6.07 Å². The molecule has 0 aliphatic carbocycles. The second kappa shape index (κ2) is 5.28. The van der Waals surface area contributed by atoms with E-state index in [1.165, 1.54) is 0 Å². The number of nitrogens with one attached hydrogen (secondary N) is 1. The van der Waals surface area contributed by atoms with Gasteiger partial charge in [-0.15, -0.1) is 0 Å². The summed E-state index contributed by atoms with van der Waals surface area (Å²) in [5, 5.41) is 0. The first-order chi connectivity index (χ1) is 8.40. The molecule has 18 heavy (non-hydrogen) atoms. The van der Waals surface area contributed by atoms with Gasteiger partial charge in [0.15, 0.2) is 0 Å². The molecule has 1 N–H and O–H groups in total. The minimum absolute atomic E-state index is 0.0796. The summed E-state index contributed by atoms with van der Waals surface area (Å²) in [5.41, 5.74) is 1.01. The molecule has 2 rings (SSSR count). The van der Waals surface area contributed by atoms with Gasteiger partial charge in [0.25, 0.3) is 0 Å². The van der Waals surface area contributed by atoms with E-state index >= 15 is 0 Å². The average Bonchev–Trinajstić information content (AvgIpc) is 2.63. The second-order valence-corrected chi connectivity index (χ2v) is 7.06. The van der Waals surface area contributed by atoms with Crippen molar-refractivity contribution in [1.82, 2.24) is 4.72 Å². The molecule has 2 atom stereocenters. The SMILES string of the molecule is Cc1ccc(S(=O)(=O)NC2CCOC2C)c(Br)c1. The van der Waals surface area contributed by atoms with Crippen LogP contribution in [0.5, 0.6) is 0 Å². The van der Waals surface area contributed by atoms with E-state index in [1.54, 1.807) is 18.2 Å². The first-order valence-electron chi connectivity index (χ1n) is 5.80. The van der Waals surface area contributed by atoms with Gasteiger partial charge in [-0.25, -0.2) is 13.1 Å². The summed E-state index contributed by atoms with van der Waals surface area (Å²) in [5.74, 6) is 0. The molecule has 1 aromatic carbocycles. The third-order valence-corrected chi connectivity index (χ3v) is 5.53. The normalized spacial score (nSPS) is 24.4. The fourth-order valence-electron chi connectivity index (χ4n) is 1.97. The van der Waals surface area contributed by atoms with Crippen LogP contribution in [0.1, 0.15) is 18.9 Å². The molecule has 0 bridgehead atoms. The maximum absolute atomic E-state index is 12.3. The lowest BCUT2D eigenvalue weighted by molar-refractivity contribution is 0.117. The molecule has 1 saturated heterocycles. The fraction of sp³-hybridized carbons (Fsp3) is 0.500. The topological polar surface area (TPSA) is 55.4 Å². The van der Waals surface area contributed by atoms with Crippen LogP contribution >= 0.6 is 15.9 Å². The van der Waals surface area contributed by atoms with Crippen molar-refractivity contribution in [2.45, 2.75) is 37.3 Å². The summed E-state index contributed by atoms with van der Waals surface area (Å²) in [6.07, 6.45) is 0.633. The summed E-state index contributed by atoms with van der Waals surface area (Å²) in [7, 11) is -3.50. The van der Waals surface area contributed by atoms with Crippen LogP contribution in [0.4, 0.5) is 0 Å². The van der Waals surface area contributed by atoms with Gasteiger partial charge in [-0.05, 0) is 53.9 Å². The molecule has 0 radical (unpaired) electrons. The Kier molecular flexibility index (Phi) is 4.11. The van der Waals surface area contributed by atoms with Gasteiger partial charge >= 0.3 is 0 Å². The summed E-state index contributed by atoms with van der Waals surface area (Å²) < 4.78 is 33.2. The van der Waals surface area contributed by atoms with E-state index in [-0.39, 0.29) is 17.0 Å². The highest BCUT2D eigenvalue weighted by Crippen LogP contribution is 2.24. The van der Waals surface area contributed by atoms with Crippen LogP contribution in [0.25, 0.3) is 0 Å². The summed E-state index contributed by atoms with van der Waals surface area (Å²) >= 11 is 3.30. The highest BCUT2D eigenvalue weighted by atomic mass is 79.9. The van der Waals surface area contributed by atoms with Crippen molar-refractivity contribution in [3.8, 4) is 0 Å². The van der Waals surface area contributed by atoms with E-state index in [9.17, 15) is 8.42 Å². The first kappa shape index (κ1) is 14.0. The van der Waals surface area contributed by atoms with E-state index in [2.05, 4.69) is 20.7 Å². The standard InChI is InChI=1S/C12H16BrNO3S/c1-8-3-4-12(10(13)7-8)18(15,16)14-11-5-6-17-9(11)2/h3-4,7,9,11,14H,5-6H2,1-2H3. The molecule has 4 nitrogen and oxygen atoms in total. The molecular weight excluding hydrogens is 318 g/mol. The lowest BCUT2D eigenvalue weighted by Crippen LogP contribution is -2.39. The zero-order valence-electron chi connectivity index (χ0n) is 10.3. The van der Waals surface area contributed by atoms with Crippen molar-refractivity contribution in [2.24, 2.45) is 0 Å². The van der Waals surface area contributed by atoms with Gasteiger partial charge in [0, 0.05) is 11.1 Å². The summed E-state index contributed by atoms with van der Waals surface area (Å²) in [4.78, 5) is 0.271. The number of sulfonamides is 1. The Balaban J connectivity index is 2.25. The minimum Gasteiger partial charge on any atom is -0.377 e. The number of rotatable bonds is 3. The molecule has 0 saturated carbocycles. The first-order valence-corrected chi connectivity index (χ1v) is 8.08. The predicted octanol–water partition coefficient (Wildman–Crippen LogP) is 2.21. The van der Waals surface area contributed by atoms with Crippen molar-refractivity contribution in [3.05, 3.63) is 28.2 Å². The Bertz CT molecular complexity index is 544. The van der Waals surface area contributed by atoms with E-state index < -0.39 is 10.0 Å². The van der Waals surface area contributed by atoms with Crippen LogP contribution in [0.15, 0.2) is 27.6 Å². The second-order valence-electron chi connectivity index (χ2n) is 4.53. The highest BCUT2D eigenvalue weighted by molar-refractivity contribution is 9.10. The molecular formula is C12H16BrNO3S. The number of halogens is 1. The predicted molar refractivity (Wildman–Crippen MR) is 73.0 cm³/mol. The van der Waals surface area contributed by atoms with Gasteiger partial charge in [-0.2, -0.15) is 0 Å². The molecule has 1 fully saturated rings. The van der Waals surface area contributed by atoms with E-state index in [0.717, 1.165) is 5.56 Å². The highest BCUT2D eigenvalue weighted by Gasteiger charge is 2.29. The van der Waals surface area contributed by atoms with Crippen LogP contribution < -0.4 is 4.72 Å². The van der Waals surface area contributed by atoms with Gasteiger partial charge in [0.2, 0.25) is 10.0 Å². The molecule has 0 aromatic heterocycles.